The predicted molar refractivity (Wildman–Crippen MR) is 88.1 cm³/mol. The number of carbonyl (C=O) groups is 2. The van der Waals surface area contributed by atoms with E-state index in [1.807, 2.05) is 13.0 Å². The zero-order valence-corrected chi connectivity index (χ0v) is 14.2. The number of hydrogen-bond acceptors (Lipinski definition) is 4. The average molecular weight is 337 g/mol. The maximum absolute atomic E-state index is 12.8. The Morgan fingerprint density at radius 1 is 1.22 bits per heavy atom. The Morgan fingerprint density at radius 3 is 2.70 bits per heavy atom. The van der Waals surface area contributed by atoms with Gasteiger partial charge in [0.25, 0.3) is 5.91 Å². The maximum atomic E-state index is 12.8. The van der Waals surface area contributed by atoms with Crippen LogP contribution in [0, 0.1) is 0 Å². The highest BCUT2D eigenvalue weighted by Gasteiger charge is 2.33. The molecule has 1 N–H and O–H groups in total. The summed E-state index contributed by atoms with van der Waals surface area (Å²) in [5.74, 6) is -1.06. The molecule has 0 bridgehead atoms. The van der Waals surface area contributed by atoms with Gasteiger partial charge in [-0.25, -0.2) is 4.79 Å². The zero-order chi connectivity index (χ0) is 16.4. The van der Waals surface area contributed by atoms with Crippen LogP contribution in [0.3, 0.4) is 0 Å². The first-order valence-electron chi connectivity index (χ1n) is 8.33. The minimum Gasteiger partial charge on any atom is -0.479 e. The largest absolute Gasteiger partial charge is 0.479 e. The summed E-state index contributed by atoms with van der Waals surface area (Å²) in [6.45, 7) is 2.38. The summed E-state index contributed by atoms with van der Waals surface area (Å²) >= 11 is 1.59. The predicted octanol–water partition coefficient (Wildman–Crippen LogP) is 2.72. The van der Waals surface area contributed by atoms with Gasteiger partial charge in [0.05, 0.1) is 17.5 Å². The van der Waals surface area contributed by atoms with E-state index in [0.717, 1.165) is 17.7 Å². The van der Waals surface area contributed by atoms with Crippen molar-refractivity contribution in [1.82, 2.24) is 4.90 Å². The number of hydrogen-bond donors (Lipinski definition) is 1. The number of amides is 1. The summed E-state index contributed by atoms with van der Waals surface area (Å²) in [4.78, 5) is 27.7. The van der Waals surface area contributed by atoms with E-state index in [0.29, 0.717) is 6.54 Å². The Balaban J connectivity index is 1.77. The van der Waals surface area contributed by atoms with Gasteiger partial charge >= 0.3 is 5.97 Å². The number of aliphatic carboxylic acids is 1. The normalized spacial score (nSPS) is 25.3. The standard InChI is InChI=1S/C17H23NO4S/c1-11-9-18(10-13(22-11)17(20)21)16(19)15-8-12-6-4-2-3-5-7-14(12)23-15/h8,11,13H,2-7,9-10H2,1H3,(H,20,21)/t11-,13?/m1/s1. The molecule has 3 rings (SSSR count). The number of nitrogens with zero attached hydrogens (tertiary/aromatic N) is 1. The second-order valence-electron chi connectivity index (χ2n) is 6.46. The van der Waals surface area contributed by atoms with Crippen LogP contribution >= 0.6 is 11.3 Å². The molecule has 1 fully saturated rings. The first-order chi connectivity index (χ1) is 11.0. The highest BCUT2D eigenvalue weighted by atomic mass is 32.1. The summed E-state index contributed by atoms with van der Waals surface area (Å²) in [5.41, 5.74) is 1.31. The monoisotopic (exact) mass is 337 g/mol. The van der Waals surface area contributed by atoms with E-state index in [4.69, 9.17) is 9.84 Å². The Kier molecular flexibility index (Phi) is 5.02. The summed E-state index contributed by atoms with van der Waals surface area (Å²) in [6.07, 6.45) is 5.84. The molecule has 126 valence electrons. The Hall–Kier alpha value is -1.40. The van der Waals surface area contributed by atoms with Gasteiger partial charge in [-0.05, 0) is 44.2 Å². The number of carboxylic acids is 1. The fourth-order valence-electron chi connectivity index (χ4n) is 3.36. The smallest absolute Gasteiger partial charge is 0.334 e. The number of fused-ring (bicyclic) bond motifs is 1. The summed E-state index contributed by atoms with van der Waals surface area (Å²) in [6, 6.07) is 2.03. The summed E-state index contributed by atoms with van der Waals surface area (Å²) in [5, 5.41) is 9.16. The van der Waals surface area contributed by atoms with Crippen molar-refractivity contribution < 1.29 is 19.4 Å². The average Bonchev–Trinajstić information content (AvgIpc) is 2.88. The molecule has 1 aliphatic carbocycles. The number of carboxylic acid groups (broad SMARTS) is 1. The molecule has 1 amide bonds. The molecule has 0 aromatic carbocycles. The third-order valence-corrected chi connectivity index (χ3v) is 5.76. The van der Waals surface area contributed by atoms with Gasteiger partial charge < -0.3 is 14.7 Å². The highest BCUT2D eigenvalue weighted by Crippen LogP contribution is 2.29. The van der Waals surface area contributed by atoms with Gasteiger partial charge in [0, 0.05) is 11.4 Å². The van der Waals surface area contributed by atoms with E-state index in [9.17, 15) is 9.59 Å². The van der Waals surface area contributed by atoms with Crippen LogP contribution in [-0.2, 0) is 22.4 Å². The maximum Gasteiger partial charge on any atom is 0.334 e. The Labute approximate surface area is 140 Å². The van der Waals surface area contributed by atoms with E-state index < -0.39 is 12.1 Å². The van der Waals surface area contributed by atoms with Crippen LogP contribution in [0.2, 0.25) is 0 Å². The lowest BCUT2D eigenvalue weighted by Gasteiger charge is -2.34. The molecular weight excluding hydrogens is 314 g/mol. The molecule has 1 aliphatic heterocycles. The molecule has 1 unspecified atom stereocenters. The lowest BCUT2D eigenvalue weighted by Crippen LogP contribution is -2.51. The van der Waals surface area contributed by atoms with Crippen molar-refractivity contribution in [3.05, 3.63) is 21.4 Å². The van der Waals surface area contributed by atoms with Gasteiger partial charge in [-0.15, -0.1) is 11.3 Å². The molecular formula is C17H23NO4S. The zero-order valence-electron chi connectivity index (χ0n) is 13.4. The fraction of sp³-hybridized carbons (Fsp3) is 0.647. The second-order valence-corrected chi connectivity index (χ2v) is 7.59. The fourth-order valence-corrected chi connectivity index (χ4v) is 4.58. The van der Waals surface area contributed by atoms with Crippen molar-refractivity contribution in [3.8, 4) is 0 Å². The minimum absolute atomic E-state index is 0.0526. The van der Waals surface area contributed by atoms with Crippen LogP contribution in [-0.4, -0.2) is 47.2 Å². The van der Waals surface area contributed by atoms with Crippen LogP contribution in [0.15, 0.2) is 6.07 Å². The van der Waals surface area contributed by atoms with E-state index in [2.05, 4.69) is 0 Å². The molecule has 1 saturated heterocycles. The molecule has 1 aromatic heterocycles. The molecule has 6 heteroatoms. The number of ether oxygens (including phenoxy) is 1. The van der Waals surface area contributed by atoms with Gasteiger partial charge in [-0.2, -0.15) is 0 Å². The molecule has 23 heavy (non-hydrogen) atoms. The summed E-state index contributed by atoms with van der Waals surface area (Å²) in [7, 11) is 0. The molecule has 0 saturated carbocycles. The lowest BCUT2D eigenvalue weighted by atomic mass is 9.99. The first-order valence-corrected chi connectivity index (χ1v) is 9.15. The van der Waals surface area contributed by atoms with Crippen LogP contribution in [0.5, 0.6) is 0 Å². The minimum atomic E-state index is -1.01. The van der Waals surface area contributed by atoms with E-state index in [1.54, 1.807) is 16.2 Å². The molecule has 2 atom stereocenters. The van der Waals surface area contributed by atoms with Crippen molar-refractivity contribution in [1.29, 1.82) is 0 Å². The lowest BCUT2D eigenvalue weighted by molar-refractivity contribution is -0.160. The third kappa shape index (κ3) is 3.75. The van der Waals surface area contributed by atoms with Crippen molar-refractivity contribution in [2.24, 2.45) is 0 Å². The molecule has 1 aromatic rings. The van der Waals surface area contributed by atoms with Gasteiger partial charge in [0.15, 0.2) is 6.10 Å². The van der Waals surface area contributed by atoms with Crippen molar-refractivity contribution >= 4 is 23.2 Å². The van der Waals surface area contributed by atoms with Crippen LogP contribution in [0.25, 0.3) is 0 Å². The molecule has 2 heterocycles. The number of carbonyl (C=O) groups excluding carboxylic acids is 1. The van der Waals surface area contributed by atoms with Gasteiger partial charge in [-0.1, -0.05) is 12.8 Å². The summed E-state index contributed by atoms with van der Waals surface area (Å²) < 4.78 is 5.39. The topological polar surface area (TPSA) is 66.8 Å². The number of morpholine rings is 1. The Morgan fingerprint density at radius 2 is 1.96 bits per heavy atom. The van der Waals surface area contributed by atoms with Crippen LogP contribution < -0.4 is 0 Å². The molecule has 5 nitrogen and oxygen atoms in total. The van der Waals surface area contributed by atoms with Gasteiger partial charge in [-0.3, -0.25) is 4.79 Å². The van der Waals surface area contributed by atoms with Crippen molar-refractivity contribution in [3.63, 3.8) is 0 Å². The highest BCUT2D eigenvalue weighted by molar-refractivity contribution is 7.14. The van der Waals surface area contributed by atoms with Gasteiger partial charge in [0.1, 0.15) is 0 Å². The van der Waals surface area contributed by atoms with Gasteiger partial charge in [0.2, 0.25) is 0 Å². The number of aryl methyl sites for hydroxylation is 2. The quantitative estimate of drug-likeness (QED) is 0.901. The second kappa shape index (κ2) is 7.01. The molecule has 0 radical (unpaired) electrons. The van der Waals surface area contributed by atoms with Crippen LogP contribution in [0.1, 0.15) is 52.7 Å². The van der Waals surface area contributed by atoms with E-state index in [-0.39, 0.29) is 18.6 Å². The van der Waals surface area contributed by atoms with E-state index >= 15 is 0 Å². The van der Waals surface area contributed by atoms with Crippen molar-refractivity contribution in [2.75, 3.05) is 13.1 Å². The first kappa shape index (κ1) is 16.5. The number of thiophene rings is 1. The SMILES string of the molecule is C[C@@H]1CN(C(=O)c2cc3c(s2)CCCCCC3)CC(C(=O)O)O1. The van der Waals surface area contributed by atoms with Crippen molar-refractivity contribution in [2.45, 2.75) is 57.7 Å². The Bertz CT molecular complexity index is 572. The number of rotatable bonds is 2. The molecule has 0 spiro atoms. The van der Waals surface area contributed by atoms with Crippen LogP contribution in [0.4, 0.5) is 0 Å². The molecule has 2 aliphatic rings. The third-order valence-electron chi connectivity index (χ3n) is 4.53. The van der Waals surface area contributed by atoms with E-state index in [1.165, 1.54) is 36.1 Å².